The van der Waals surface area contributed by atoms with Gasteiger partial charge < -0.3 is 5.32 Å². The van der Waals surface area contributed by atoms with E-state index in [0.29, 0.717) is 17.7 Å². The molecule has 0 unspecified atom stereocenters. The van der Waals surface area contributed by atoms with Crippen molar-refractivity contribution >= 4 is 5.69 Å². The number of halogens is 3. The van der Waals surface area contributed by atoms with Crippen molar-refractivity contribution in [3.05, 3.63) is 53.3 Å². The second kappa shape index (κ2) is 4.05. The fraction of sp³-hybridized carbons (Fsp3) is 0.143. The monoisotopic (exact) mass is 249 g/mol. The maximum atomic E-state index is 13.7. The van der Waals surface area contributed by atoms with Crippen molar-refractivity contribution in [1.29, 1.82) is 0 Å². The molecule has 92 valence electrons. The van der Waals surface area contributed by atoms with Gasteiger partial charge in [-0.15, -0.1) is 0 Å². The fourth-order valence-electron chi connectivity index (χ4n) is 2.28. The zero-order chi connectivity index (χ0) is 12.7. The van der Waals surface area contributed by atoms with Crippen LogP contribution in [-0.4, -0.2) is 6.54 Å². The molecule has 0 atom stereocenters. The summed E-state index contributed by atoms with van der Waals surface area (Å²) in [6, 6.07) is 6.57. The Bertz CT molecular complexity index is 599. The average Bonchev–Trinajstić information content (AvgIpc) is 2.74. The Hall–Kier alpha value is -1.97. The van der Waals surface area contributed by atoms with E-state index >= 15 is 0 Å². The van der Waals surface area contributed by atoms with Crippen molar-refractivity contribution in [1.82, 2.24) is 0 Å². The molecule has 0 radical (unpaired) electrons. The Morgan fingerprint density at radius 1 is 0.944 bits per heavy atom. The molecule has 3 rings (SSSR count). The van der Waals surface area contributed by atoms with Crippen LogP contribution in [0.2, 0.25) is 0 Å². The van der Waals surface area contributed by atoms with Crippen LogP contribution in [0.3, 0.4) is 0 Å². The van der Waals surface area contributed by atoms with Crippen molar-refractivity contribution in [2.45, 2.75) is 6.42 Å². The van der Waals surface area contributed by atoms with Crippen LogP contribution in [0, 0.1) is 17.5 Å². The van der Waals surface area contributed by atoms with Gasteiger partial charge in [0.2, 0.25) is 0 Å². The van der Waals surface area contributed by atoms with Crippen LogP contribution in [0.25, 0.3) is 11.1 Å². The highest BCUT2D eigenvalue weighted by atomic mass is 19.1. The zero-order valence-corrected chi connectivity index (χ0v) is 9.43. The summed E-state index contributed by atoms with van der Waals surface area (Å²) in [5.74, 6) is -2.66. The van der Waals surface area contributed by atoms with Gasteiger partial charge in [0.15, 0.2) is 0 Å². The summed E-state index contributed by atoms with van der Waals surface area (Å²) in [6.45, 7) is 0.827. The van der Waals surface area contributed by atoms with Crippen LogP contribution >= 0.6 is 0 Å². The van der Waals surface area contributed by atoms with E-state index in [2.05, 4.69) is 5.32 Å². The molecule has 1 heterocycles. The van der Waals surface area contributed by atoms with Gasteiger partial charge in [0, 0.05) is 24.4 Å². The maximum Gasteiger partial charge on any atom is 0.136 e. The lowest BCUT2D eigenvalue weighted by Gasteiger charge is -2.07. The Balaban J connectivity index is 2.16. The van der Waals surface area contributed by atoms with Crippen molar-refractivity contribution in [3.8, 4) is 11.1 Å². The van der Waals surface area contributed by atoms with E-state index in [1.165, 1.54) is 0 Å². The highest BCUT2D eigenvalue weighted by Crippen LogP contribution is 2.31. The molecule has 0 bridgehead atoms. The van der Waals surface area contributed by atoms with E-state index in [9.17, 15) is 13.2 Å². The first-order valence-corrected chi connectivity index (χ1v) is 5.67. The average molecular weight is 249 g/mol. The number of benzene rings is 2. The topological polar surface area (TPSA) is 12.0 Å². The standard InChI is InChI=1S/C14H10F3N/c15-10-6-11(16)14(12(17)7-10)9-1-2-13-8(5-9)3-4-18-13/h1-2,5-7,18H,3-4H2. The van der Waals surface area contributed by atoms with Gasteiger partial charge >= 0.3 is 0 Å². The summed E-state index contributed by atoms with van der Waals surface area (Å²) in [5, 5.41) is 3.17. The summed E-state index contributed by atoms with van der Waals surface area (Å²) in [7, 11) is 0. The molecule has 1 aliphatic heterocycles. The van der Waals surface area contributed by atoms with Crippen molar-refractivity contribution in [2.24, 2.45) is 0 Å². The number of fused-ring (bicyclic) bond motifs is 1. The lowest BCUT2D eigenvalue weighted by Crippen LogP contribution is -1.93. The molecule has 4 heteroatoms. The van der Waals surface area contributed by atoms with E-state index < -0.39 is 17.5 Å². The van der Waals surface area contributed by atoms with Gasteiger partial charge in [0.1, 0.15) is 17.5 Å². The molecule has 18 heavy (non-hydrogen) atoms. The van der Waals surface area contributed by atoms with Crippen molar-refractivity contribution in [2.75, 3.05) is 11.9 Å². The number of nitrogens with one attached hydrogen (secondary N) is 1. The molecule has 0 spiro atoms. The first-order chi connectivity index (χ1) is 8.65. The third-order valence-electron chi connectivity index (χ3n) is 3.11. The first-order valence-electron chi connectivity index (χ1n) is 5.67. The largest absolute Gasteiger partial charge is 0.384 e. The van der Waals surface area contributed by atoms with Crippen LogP contribution in [0.5, 0.6) is 0 Å². The van der Waals surface area contributed by atoms with Crippen molar-refractivity contribution < 1.29 is 13.2 Å². The molecule has 2 aromatic rings. The third-order valence-corrected chi connectivity index (χ3v) is 3.11. The third kappa shape index (κ3) is 1.74. The van der Waals surface area contributed by atoms with Crippen LogP contribution < -0.4 is 5.32 Å². The summed E-state index contributed by atoms with van der Waals surface area (Å²) >= 11 is 0. The summed E-state index contributed by atoms with van der Waals surface area (Å²) in [5.41, 5.74) is 2.27. The molecular weight excluding hydrogens is 239 g/mol. The molecule has 1 aliphatic rings. The van der Waals surface area contributed by atoms with E-state index in [1.54, 1.807) is 18.2 Å². The molecule has 1 nitrogen and oxygen atoms in total. The lowest BCUT2D eigenvalue weighted by molar-refractivity contribution is 0.548. The minimum atomic E-state index is -0.906. The normalized spacial score (nSPS) is 13.3. The number of rotatable bonds is 1. The van der Waals surface area contributed by atoms with Gasteiger partial charge in [-0.25, -0.2) is 13.2 Å². The first kappa shape index (κ1) is 11.1. The Labute approximate surface area is 102 Å². The minimum Gasteiger partial charge on any atom is -0.384 e. The lowest BCUT2D eigenvalue weighted by atomic mass is 10.0. The maximum absolute atomic E-state index is 13.7. The predicted molar refractivity (Wildman–Crippen MR) is 63.9 cm³/mol. The molecule has 0 saturated heterocycles. The molecular formula is C14H10F3N. The van der Waals surface area contributed by atoms with Gasteiger partial charge in [-0.2, -0.15) is 0 Å². The van der Waals surface area contributed by atoms with Crippen molar-refractivity contribution in [3.63, 3.8) is 0 Å². The van der Waals surface area contributed by atoms with Crippen LogP contribution in [0.1, 0.15) is 5.56 Å². The summed E-state index contributed by atoms with van der Waals surface area (Å²) in [6.07, 6.45) is 0.827. The molecule has 2 aromatic carbocycles. The van der Waals surface area contributed by atoms with Crippen LogP contribution in [0.15, 0.2) is 30.3 Å². The fourth-order valence-corrected chi connectivity index (χ4v) is 2.28. The predicted octanol–water partition coefficient (Wildman–Crippen LogP) is 3.74. The number of hydrogen-bond donors (Lipinski definition) is 1. The summed E-state index contributed by atoms with van der Waals surface area (Å²) < 4.78 is 40.2. The quantitative estimate of drug-likeness (QED) is 0.811. The second-order valence-electron chi connectivity index (χ2n) is 4.29. The molecule has 0 aliphatic carbocycles. The second-order valence-corrected chi connectivity index (χ2v) is 4.29. The van der Waals surface area contributed by atoms with Gasteiger partial charge in [-0.05, 0) is 29.7 Å². The van der Waals surface area contributed by atoms with Gasteiger partial charge in [0.05, 0.1) is 5.56 Å². The van der Waals surface area contributed by atoms with Crippen LogP contribution in [-0.2, 0) is 6.42 Å². The van der Waals surface area contributed by atoms with E-state index in [0.717, 1.165) is 24.2 Å². The smallest absolute Gasteiger partial charge is 0.136 e. The molecule has 0 fully saturated rings. The van der Waals surface area contributed by atoms with E-state index in [-0.39, 0.29) is 5.56 Å². The van der Waals surface area contributed by atoms with Gasteiger partial charge in [0.25, 0.3) is 0 Å². The zero-order valence-electron chi connectivity index (χ0n) is 9.43. The minimum absolute atomic E-state index is 0.175. The molecule has 0 saturated carbocycles. The van der Waals surface area contributed by atoms with Gasteiger partial charge in [-0.3, -0.25) is 0 Å². The SMILES string of the molecule is Fc1cc(F)c(-c2ccc3c(c2)CCN3)c(F)c1. The van der Waals surface area contributed by atoms with Gasteiger partial charge in [-0.1, -0.05) is 6.07 Å². The Kier molecular flexibility index (Phi) is 2.51. The number of hydrogen-bond acceptors (Lipinski definition) is 1. The molecule has 1 N–H and O–H groups in total. The van der Waals surface area contributed by atoms with Crippen LogP contribution in [0.4, 0.5) is 18.9 Å². The molecule has 0 aromatic heterocycles. The summed E-state index contributed by atoms with van der Waals surface area (Å²) in [4.78, 5) is 0. The highest BCUT2D eigenvalue weighted by Gasteiger charge is 2.16. The van der Waals surface area contributed by atoms with E-state index in [4.69, 9.17) is 0 Å². The number of anilines is 1. The molecule has 0 amide bonds. The Morgan fingerprint density at radius 3 is 2.39 bits per heavy atom. The highest BCUT2D eigenvalue weighted by molar-refractivity contribution is 5.70. The Morgan fingerprint density at radius 2 is 1.67 bits per heavy atom. The van der Waals surface area contributed by atoms with E-state index in [1.807, 2.05) is 0 Å².